The van der Waals surface area contributed by atoms with Gasteiger partial charge in [-0.1, -0.05) is 26.3 Å². The summed E-state index contributed by atoms with van der Waals surface area (Å²) in [7, 11) is 1.65. The summed E-state index contributed by atoms with van der Waals surface area (Å²) < 4.78 is 11.2. The predicted molar refractivity (Wildman–Crippen MR) is 104 cm³/mol. The van der Waals surface area contributed by atoms with Gasteiger partial charge in [-0.2, -0.15) is 0 Å². The first-order valence-corrected chi connectivity index (χ1v) is 9.93. The van der Waals surface area contributed by atoms with E-state index in [9.17, 15) is 4.79 Å². The summed E-state index contributed by atoms with van der Waals surface area (Å²) in [5.74, 6) is 1.79. The molecule has 26 heavy (non-hydrogen) atoms. The van der Waals surface area contributed by atoms with Crippen molar-refractivity contribution in [1.29, 1.82) is 0 Å². The Balaban J connectivity index is 2.09. The van der Waals surface area contributed by atoms with Crippen LogP contribution >= 0.6 is 0 Å². The average molecular weight is 363 g/mol. The Kier molecular flexibility index (Phi) is 8.23. The van der Waals surface area contributed by atoms with Crippen molar-refractivity contribution < 1.29 is 14.3 Å². The summed E-state index contributed by atoms with van der Waals surface area (Å²) in [4.78, 5) is 15.0. The lowest BCUT2D eigenvalue weighted by molar-refractivity contribution is -0.137. The number of amides is 1. The molecule has 1 aliphatic rings. The number of benzene rings is 1. The van der Waals surface area contributed by atoms with Crippen molar-refractivity contribution in [1.82, 2.24) is 4.90 Å². The van der Waals surface area contributed by atoms with Gasteiger partial charge in [-0.15, -0.1) is 0 Å². The van der Waals surface area contributed by atoms with E-state index in [1.165, 1.54) is 0 Å². The number of carbonyl (C=O) groups is 1. The van der Waals surface area contributed by atoms with Crippen molar-refractivity contribution in [3.05, 3.63) is 23.8 Å². The minimum atomic E-state index is 0.0688. The fourth-order valence-electron chi connectivity index (χ4n) is 3.61. The molecule has 0 bridgehead atoms. The smallest absolute Gasteiger partial charge is 0.226 e. The van der Waals surface area contributed by atoms with Gasteiger partial charge in [-0.25, -0.2) is 0 Å². The number of hydrogen-bond acceptors (Lipinski definition) is 4. The molecule has 2 N–H and O–H groups in total. The number of hydrogen-bond donors (Lipinski definition) is 1. The van der Waals surface area contributed by atoms with E-state index in [-0.39, 0.29) is 17.9 Å². The van der Waals surface area contributed by atoms with Crippen molar-refractivity contribution in [2.45, 2.75) is 65.0 Å². The van der Waals surface area contributed by atoms with E-state index < -0.39 is 0 Å². The third kappa shape index (κ3) is 5.63. The van der Waals surface area contributed by atoms with Crippen molar-refractivity contribution >= 4 is 5.91 Å². The molecule has 0 radical (unpaired) electrons. The first-order valence-electron chi connectivity index (χ1n) is 9.93. The Labute approximate surface area is 157 Å². The maximum atomic E-state index is 13.0. The minimum Gasteiger partial charge on any atom is -0.493 e. The van der Waals surface area contributed by atoms with Crippen LogP contribution in [0.15, 0.2) is 18.2 Å². The molecule has 1 saturated carbocycles. The maximum absolute atomic E-state index is 13.0. The van der Waals surface area contributed by atoms with Crippen LogP contribution < -0.4 is 15.2 Å². The lowest BCUT2D eigenvalue weighted by atomic mass is 9.85. The highest BCUT2D eigenvalue weighted by Gasteiger charge is 2.28. The molecule has 0 aromatic heterocycles. The molecule has 2 atom stereocenters. The molecule has 1 aromatic rings. The molecule has 5 heteroatoms. The maximum Gasteiger partial charge on any atom is 0.226 e. The molecule has 5 nitrogen and oxygen atoms in total. The molecule has 1 amide bonds. The Morgan fingerprint density at radius 2 is 2.04 bits per heavy atom. The Morgan fingerprint density at radius 1 is 1.23 bits per heavy atom. The van der Waals surface area contributed by atoms with Gasteiger partial charge in [0.2, 0.25) is 5.91 Å². The lowest BCUT2D eigenvalue weighted by Gasteiger charge is -2.31. The summed E-state index contributed by atoms with van der Waals surface area (Å²) in [5, 5.41) is 0. The van der Waals surface area contributed by atoms with Gasteiger partial charge >= 0.3 is 0 Å². The SMILES string of the molecule is CCCOc1ccc(CN(CCC)C(=O)C2CCCC(N)C2)cc1OC. The van der Waals surface area contributed by atoms with Crippen LogP contribution in [0.1, 0.15) is 57.9 Å². The van der Waals surface area contributed by atoms with Crippen LogP contribution in [-0.2, 0) is 11.3 Å². The molecule has 1 aliphatic carbocycles. The molecule has 1 aromatic carbocycles. The molecule has 1 fully saturated rings. The van der Waals surface area contributed by atoms with E-state index in [0.29, 0.717) is 13.2 Å². The largest absolute Gasteiger partial charge is 0.493 e. The van der Waals surface area contributed by atoms with Gasteiger partial charge in [0.15, 0.2) is 11.5 Å². The molecule has 0 spiro atoms. The number of ether oxygens (including phenoxy) is 2. The summed E-state index contributed by atoms with van der Waals surface area (Å²) in [6, 6.07) is 6.11. The normalized spacial score (nSPS) is 19.8. The van der Waals surface area contributed by atoms with Crippen LogP contribution in [0.4, 0.5) is 0 Å². The first-order chi connectivity index (χ1) is 12.6. The van der Waals surface area contributed by atoms with Crippen LogP contribution in [0.2, 0.25) is 0 Å². The summed E-state index contributed by atoms with van der Waals surface area (Å²) in [5.41, 5.74) is 7.15. The molecular formula is C21H34N2O3. The van der Waals surface area contributed by atoms with Crippen LogP contribution in [0.25, 0.3) is 0 Å². The third-order valence-electron chi connectivity index (χ3n) is 4.93. The van der Waals surface area contributed by atoms with Crippen LogP contribution in [-0.4, -0.2) is 37.1 Å². The van der Waals surface area contributed by atoms with E-state index in [0.717, 1.165) is 62.1 Å². The molecular weight excluding hydrogens is 328 g/mol. The first kappa shape index (κ1) is 20.6. The summed E-state index contributed by atoms with van der Waals surface area (Å²) in [6.07, 6.45) is 5.75. The van der Waals surface area contributed by atoms with Gasteiger partial charge in [0.05, 0.1) is 13.7 Å². The van der Waals surface area contributed by atoms with Crippen molar-refractivity contribution in [2.24, 2.45) is 11.7 Å². The number of rotatable bonds is 9. The van der Waals surface area contributed by atoms with Gasteiger partial charge in [0.1, 0.15) is 0 Å². The average Bonchev–Trinajstić information content (AvgIpc) is 2.65. The second-order valence-electron chi connectivity index (χ2n) is 7.22. The predicted octanol–water partition coefficient (Wildman–Crippen LogP) is 3.74. The van der Waals surface area contributed by atoms with Gasteiger partial charge in [-0.05, 0) is 49.8 Å². The van der Waals surface area contributed by atoms with Crippen molar-refractivity contribution in [3.8, 4) is 11.5 Å². The lowest BCUT2D eigenvalue weighted by Crippen LogP contribution is -2.40. The molecule has 146 valence electrons. The van der Waals surface area contributed by atoms with E-state index in [1.54, 1.807) is 7.11 Å². The molecule has 2 rings (SSSR count). The van der Waals surface area contributed by atoms with E-state index >= 15 is 0 Å². The van der Waals surface area contributed by atoms with Gasteiger partial charge in [0.25, 0.3) is 0 Å². The fourth-order valence-corrected chi connectivity index (χ4v) is 3.61. The van der Waals surface area contributed by atoms with Crippen LogP contribution in [0.5, 0.6) is 11.5 Å². The van der Waals surface area contributed by atoms with E-state index in [2.05, 4.69) is 13.8 Å². The molecule has 2 unspecified atom stereocenters. The summed E-state index contributed by atoms with van der Waals surface area (Å²) in [6.45, 7) is 6.21. The second-order valence-corrected chi connectivity index (χ2v) is 7.22. The number of nitrogens with two attached hydrogens (primary N) is 1. The number of carbonyl (C=O) groups excluding carboxylic acids is 1. The zero-order valence-corrected chi connectivity index (χ0v) is 16.5. The van der Waals surface area contributed by atoms with Gasteiger partial charge < -0.3 is 20.1 Å². The number of nitrogens with zero attached hydrogens (tertiary/aromatic N) is 1. The van der Waals surface area contributed by atoms with E-state index in [4.69, 9.17) is 15.2 Å². The highest BCUT2D eigenvalue weighted by Crippen LogP contribution is 2.30. The molecule has 0 aliphatic heterocycles. The summed E-state index contributed by atoms with van der Waals surface area (Å²) >= 11 is 0. The van der Waals surface area contributed by atoms with Gasteiger partial charge in [0, 0.05) is 25.0 Å². The molecule has 0 heterocycles. The quantitative estimate of drug-likeness (QED) is 0.727. The third-order valence-corrected chi connectivity index (χ3v) is 4.93. The van der Waals surface area contributed by atoms with Crippen molar-refractivity contribution in [3.63, 3.8) is 0 Å². The molecule has 0 saturated heterocycles. The van der Waals surface area contributed by atoms with Crippen LogP contribution in [0, 0.1) is 5.92 Å². The topological polar surface area (TPSA) is 64.8 Å². The van der Waals surface area contributed by atoms with Crippen LogP contribution in [0.3, 0.4) is 0 Å². The Morgan fingerprint density at radius 3 is 2.69 bits per heavy atom. The fraction of sp³-hybridized carbons (Fsp3) is 0.667. The highest BCUT2D eigenvalue weighted by molar-refractivity contribution is 5.79. The monoisotopic (exact) mass is 362 g/mol. The van der Waals surface area contributed by atoms with Crippen molar-refractivity contribution in [2.75, 3.05) is 20.3 Å². The minimum absolute atomic E-state index is 0.0688. The zero-order valence-electron chi connectivity index (χ0n) is 16.5. The Bertz CT molecular complexity index is 576. The van der Waals surface area contributed by atoms with E-state index in [1.807, 2.05) is 23.1 Å². The van der Waals surface area contributed by atoms with Gasteiger partial charge in [-0.3, -0.25) is 4.79 Å². The highest BCUT2D eigenvalue weighted by atomic mass is 16.5. The standard InChI is InChI=1S/C21H34N2O3/c1-4-11-23(21(24)17-7-6-8-18(22)14-17)15-16-9-10-19(26-12-5-2)20(13-16)25-3/h9-10,13,17-18H,4-8,11-12,14-15,22H2,1-3H3. The Hall–Kier alpha value is -1.75. The number of methoxy groups -OCH3 is 1. The zero-order chi connectivity index (χ0) is 18.9. The second kappa shape index (κ2) is 10.4.